The zero-order valence-electron chi connectivity index (χ0n) is 19.4. The Balaban J connectivity index is 1.41. The van der Waals surface area contributed by atoms with Crippen LogP contribution in [0.1, 0.15) is 30.4 Å². The molecule has 9 heteroatoms. The third kappa shape index (κ3) is 4.34. The number of amides is 4. The third-order valence-corrected chi connectivity index (χ3v) is 7.00. The molecule has 0 N–H and O–H groups in total. The molecule has 35 heavy (non-hydrogen) atoms. The van der Waals surface area contributed by atoms with Crippen LogP contribution in [0.15, 0.2) is 48.5 Å². The fraction of sp³-hybridized carbons (Fsp3) is 0.385. The van der Waals surface area contributed by atoms with E-state index in [1.54, 1.807) is 40.1 Å². The van der Waals surface area contributed by atoms with E-state index in [2.05, 4.69) is 0 Å². The summed E-state index contributed by atoms with van der Waals surface area (Å²) >= 11 is 0. The molecule has 5 rings (SSSR count). The van der Waals surface area contributed by atoms with Crippen molar-refractivity contribution in [2.45, 2.75) is 31.2 Å². The number of hydrogen-bond donors (Lipinski definition) is 0. The quantitative estimate of drug-likeness (QED) is 0.464. The van der Waals surface area contributed by atoms with Gasteiger partial charge in [-0.1, -0.05) is 36.4 Å². The summed E-state index contributed by atoms with van der Waals surface area (Å²) in [7, 11) is 0. The van der Waals surface area contributed by atoms with Gasteiger partial charge in [-0.3, -0.25) is 24.1 Å². The Bertz CT molecular complexity index is 1150. The molecule has 4 amide bonds. The molecule has 3 aliphatic heterocycles. The van der Waals surface area contributed by atoms with Crippen molar-refractivity contribution in [2.24, 2.45) is 0 Å². The Labute approximate surface area is 203 Å². The van der Waals surface area contributed by atoms with Crippen LogP contribution in [0.25, 0.3) is 0 Å². The van der Waals surface area contributed by atoms with Crippen molar-refractivity contribution < 1.29 is 28.7 Å². The van der Waals surface area contributed by atoms with Gasteiger partial charge in [-0.05, 0) is 29.7 Å². The van der Waals surface area contributed by atoms with Gasteiger partial charge in [0, 0.05) is 39.0 Å². The van der Waals surface area contributed by atoms with E-state index >= 15 is 0 Å². The molecule has 2 aromatic rings. The molecular formula is C26H27N3O6. The predicted molar refractivity (Wildman–Crippen MR) is 124 cm³/mol. The van der Waals surface area contributed by atoms with Crippen LogP contribution in [-0.2, 0) is 31.1 Å². The fourth-order valence-electron chi connectivity index (χ4n) is 5.07. The van der Waals surface area contributed by atoms with Gasteiger partial charge in [0.2, 0.25) is 30.9 Å². The van der Waals surface area contributed by atoms with Crippen molar-refractivity contribution in [1.29, 1.82) is 0 Å². The zero-order chi connectivity index (χ0) is 24.4. The number of benzene rings is 2. The highest BCUT2D eigenvalue weighted by Crippen LogP contribution is 2.41. The van der Waals surface area contributed by atoms with Crippen LogP contribution >= 0.6 is 0 Å². The van der Waals surface area contributed by atoms with E-state index < -0.39 is 5.41 Å². The standard InChI is InChI=1S/C26H27N3O6/c30-17-27-9-4-10-28(12-11-27)23(31)14-26(20-5-2-1-3-6-20)15-24(32)29(25(26)33)16-19-7-8-21-22(13-19)35-18-34-21/h1-3,5-8,13,17H,4,9-12,14-16,18H2/t26-/m0/s1. The Hall–Kier alpha value is -3.88. The summed E-state index contributed by atoms with van der Waals surface area (Å²) in [5.41, 5.74) is 0.138. The molecule has 0 radical (unpaired) electrons. The van der Waals surface area contributed by atoms with Gasteiger partial charge in [0.05, 0.1) is 12.0 Å². The first-order chi connectivity index (χ1) is 17.0. The van der Waals surface area contributed by atoms with Crippen molar-refractivity contribution in [3.05, 3.63) is 59.7 Å². The van der Waals surface area contributed by atoms with Crippen LogP contribution in [-0.4, -0.2) is 71.8 Å². The Morgan fingerprint density at radius 2 is 1.77 bits per heavy atom. The highest BCUT2D eigenvalue weighted by Gasteiger charge is 2.54. The van der Waals surface area contributed by atoms with Crippen molar-refractivity contribution in [3.63, 3.8) is 0 Å². The van der Waals surface area contributed by atoms with Gasteiger partial charge in [-0.15, -0.1) is 0 Å². The topological polar surface area (TPSA) is 96.5 Å². The van der Waals surface area contributed by atoms with E-state index in [-0.39, 0.29) is 43.9 Å². The summed E-state index contributed by atoms with van der Waals surface area (Å²) in [4.78, 5) is 56.2. The van der Waals surface area contributed by atoms with Crippen LogP contribution in [0, 0.1) is 0 Å². The largest absolute Gasteiger partial charge is 0.454 e. The molecule has 2 saturated heterocycles. The number of rotatable bonds is 6. The van der Waals surface area contributed by atoms with E-state index in [0.717, 1.165) is 12.0 Å². The lowest BCUT2D eigenvalue weighted by Gasteiger charge is -2.30. The summed E-state index contributed by atoms with van der Waals surface area (Å²) < 4.78 is 10.8. The first kappa shape index (κ1) is 22.9. The van der Waals surface area contributed by atoms with Crippen LogP contribution in [0.3, 0.4) is 0 Å². The second-order valence-electron chi connectivity index (χ2n) is 9.15. The van der Waals surface area contributed by atoms with Gasteiger partial charge in [0.15, 0.2) is 11.5 Å². The van der Waals surface area contributed by atoms with Crippen molar-refractivity contribution in [2.75, 3.05) is 33.0 Å². The summed E-state index contributed by atoms with van der Waals surface area (Å²) in [5.74, 6) is 0.336. The molecule has 3 aliphatic rings. The normalized spacial score (nSPS) is 21.9. The smallest absolute Gasteiger partial charge is 0.241 e. The van der Waals surface area contributed by atoms with E-state index in [1.165, 1.54) is 4.90 Å². The minimum atomic E-state index is -1.26. The molecule has 0 spiro atoms. The molecule has 0 saturated carbocycles. The molecule has 1 atom stereocenters. The van der Waals surface area contributed by atoms with Crippen LogP contribution in [0.5, 0.6) is 11.5 Å². The number of fused-ring (bicyclic) bond motifs is 1. The number of carbonyl (C=O) groups excluding carboxylic acids is 4. The van der Waals surface area contributed by atoms with Crippen LogP contribution in [0.2, 0.25) is 0 Å². The van der Waals surface area contributed by atoms with Gasteiger partial charge in [0.1, 0.15) is 0 Å². The molecule has 9 nitrogen and oxygen atoms in total. The van der Waals surface area contributed by atoms with E-state index in [4.69, 9.17) is 9.47 Å². The number of imide groups is 1. The van der Waals surface area contributed by atoms with Crippen molar-refractivity contribution >= 4 is 24.1 Å². The number of nitrogens with zero attached hydrogens (tertiary/aromatic N) is 3. The number of carbonyl (C=O) groups is 4. The second-order valence-corrected chi connectivity index (χ2v) is 9.15. The van der Waals surface area contributed by atoms with Crippen LogP contribution in [0.4, 0.5) is 0 Å². The lowest BCUT2D eigenvalue weighted by molar-refractivity contribution is -0.143. The lowest BCUT2D eigenvalue weighted by Crippen LogP contribution is -2.44. The van der Waals surface area contributed by atoms with E-state index in [1.807, 2.05) is 18.2 Å². The van der Waals surface area contributed by atoms with Gasteiger partial charge in [-0.2, -0.15) is 0 Å². The van der Waals surface area contributed by atoms with Crippen molar-refractivity contribution in [1.82, 2.24) is 14.7 Å². The first-order valence-corrected chi connectivity index (χ1v) is 11.8. The van der Waals surface area contributed by atoms with Crippen LogP contribution < -0.4 is 9.47 Å². The summed E-state index contributed by atoms with van der Waals surface area (Å²) in [5, 5.41) is 0. The van der Waals surface area contributed by atoms with Gasteiger partial charge >= 0.3 is 0 Å². The average molecular weight is 478 g/mol. The molecule has 0 aromatic heterocycles. The average Bonchev–Trinajstić information content (AvgIpc) is 3.32. The van der Waals surface area contributed by atoms with E-state index in [0.29, 0.717) is 49.7 Å². The maximum Gasteiger partial charge on any atom is 0.241 e. The highest BCUT2D eigenvalue weighted by atomic mass is 16.7. The minimum absolute atomic E-state index is 0.0690. The number of ether oxygens (including phenoxy) is 2. The highest BCUT2D eigenvalue weighted by molar-refractivity contribution is 6.10. The molecule has 0 aliphatic carbocycles. The summed E-state index contributed by atoms with van der Waals surface area (Å²) in [6.45, 7) is 2.20. The van der Waals surface area contributed by atoms with Gasteiger partial charge in [-0.25, -0.2) is 0 Å². The molecular weight excluding hydrogens is 450 g/mol. The SMILES string of the molecule is O=CN1CCCN(C(=O)C[C@@]2(c3ccccc3)CC(=O)N(Cc3ccc4c(c3)OCO4)C2=O)CC1. The minimum Gasteiger partial charge on any atom is -0.454 e. The third-order valence-electron chi connectivity index (χ3n) is 7.00. The predicted octanol–water partition coefficient (Wildman–Crippen LogP) is 1.69. The molecule has 0 bridgehead atoms. The maximum atomic E-state index is 13.9. The fourth-order valence-corrected chi connectivity index (χ4v) is 5.07. The first-order valence-electron chi connectivity index (χ1n) is 11.8. The molecule has 2 fully saturated rings. The monoisotopic (exact) mass is 477 g/mol. The molecule has 0 unspecified atom stereocenters. The Morgan fingerprint density at radius 1 is 0.971 bits per heavy atom. The number of likely N-dealkylation sites (tertiary alicyclic amines) is 1. The Morgan fingerprint density at radius 3 is 2.57 bits per heavy atom. The zero-order valence-corrected chi connectivity index (χ0v) is 19.4. The second kappa shape index (κ2) is 9.40. The van der Waals surface area contributed by atoms with E-state index in [9.17, 15) is 19.2 Å². The maximum absolute atomic E-state index is 13.9. The van der Waals surface area contributed by atoms with Gasteiger partial charge < -0.3 is 19.3 Å². The van der Waals surface area contributed by atoms with Gasteiger partial charge in [0.25, 0.3) is 0 Å². The Kier molecular flexibility index (Phi) is 6.15. The molecule has 182 valence electrons. The van der Waals surface area contributed by atoms with Crippen molar-refractivity contribution in [3.8, 4) is 11.5 Å². The summed E-state index contributed by atoms with van der Waals surface area (Å²) in [6, 6.07) is 14.4. The number of hydrogen-bond acceptors (Lipinski definition) is 6. The molecule has 3 heterocycles. The summed E-state index contributed by atoms with van der Waals surface area (Å²) in [6.07, 6.45) is 1.30. The lowest BCUT2D eigenvalue weighted by atomic mass is 9.75. The molecule has 2 aromatic carbocycles.